The van der Waals surface area contributed by atoms with Gasteiger partial charge >= 0.3 is 0 Å². The second-order valence-electron chi connectivity index (χ2n) is 7.33. The summed E-state index contributed by atoms with van der Waals surface area (Å²) in [5, 5.41) is 18.5. The molecule has 8 nitrogen and oxygen atoms in total. The number of aromatic nitrogens is 2. The molecule has 158 valence electrons. The fourth-order valence-electron chi connectivity index (χ4n) is 3.78. The molecule has 2 heterocycles. The predicted molar refractivity (Wildman–Crippen MR) is 115 cm³/mol. The van der Waals surface area contributed by atoms with E-state index in [9.17, 15) is 23.9 Å². The minimum atomic E-state index is -0.710. The van der Waals surface area contributed by atoms with E-state index in [0.29, 0.717) is 27.2 Å². The summed E-state index contributed by atoms with van der Waals surface area (Å²) >= 11 is 0. The van der Waals surface area contributed by atoms with E-state index in [1.165, 1.54) is 41.1 Å². The summed E-state index contributed by atoms with van der Waals surface area (Å²) in [4.78, 5) is 38.8. The first-order chi connectivity index (χ1) is 15.3. The summed E-state index contributed by atoms with van der Waals surface area (Å²) in [6.07, 6.45) is 1.14. The number of hydrogen-bond donors (Lipinski definition) is 2. The minimum Gasteiger partial charge on any atom is -0.508 e. The van der Waals surface area contributed by atoms with Gasteiger partial charge in [-0.15, -0.1) is 0 Å². The number of nitrogens with one attached hydrogen (secondary N) is 1. The molecular weight excluding hydrogens is 415 g/mol. The lowest BCUT2D eigenvalue weighted by molar-refractivity contribution is 0.0616. The van der Waals surface area contributed by atoms with Crippen LogP contribution in [0, 0.1) is 12.7 Å². The Morgan fingerprint density at radius 2 is 1.72 bits per heavy atom. The molecule has 0 bridgehead atoms. The van der Waals surface area contributed by atoms with Crippen LogP contribution in [0.4, 0.5) is 4.39 Å². The van der Waals surface area contributed by atoms with Crippen molar-refractivity contribution in [2.75, 3.05) is 0 Å². The number of phenolic OH excluding ortho intramolecular Hbond substituents is 1. The van der Waals surface area contributed by atoms with Gasteiger partial charge in [-0.25, -0.2) is 9.07 Å². The quantitative estimate of drug-likeness (QED) is 0.385. The van der Waals surface area contributed by atoms with Crippen LogP contribution in [0.1, 0.15) is 32.0 Å². The maximum atomic E-state index is 13.2. The predicted octanol–water partition coefficient (Wildman–Crippen LogP) is 3.10. The van der Waals surface area contributed by atoms with Gasteiger partial charge in [-0.2, -0.15) is 10.1 Å². The first-order valence-corrected chi connectivity index (χ1v) is 9.61. The first-order valence-electron chi connectivity index (χ1n) is 9.61. The number of imide groups is 1. The molecular formula is C23H15FN4O4. The molecule has 0 spiro atoms. The van der Waals surface area contributed by atoms with Crippen LogP contribution >= 0.6 is 0 Å². The summed E-state index contributed by atoms with van der Waals surface area (Å²) < 4.78 is 14.4. The van der Waals surface area contributed by atoms with Crippen molar-refractivity contribution < 1.29 is 19.1 Å². The van der Waals surface area contributed by atoms with Crippen LogP contribution in [0.3, 0.4) is 0 Å². The molecule has 9 heteroatoms. The van der Waals surface area contributed by atoms with E-state index in [1.54, 1.807) is 25.1 Å². The average molecular weight is 430 g/mol. The number of benzene rings is 3. The highest BCUT2D eigenvalue weighted by Gasteiger charge is 2.33. The van der Waals surface area contributed by atoms with E-state index in [-0.39, 0.29) is 22.4 Å². The molecule has 2 amide bonds. The van der Waals surface area contributed by atoms with E-state index in [2.05, 4.69) is 10.2 Å². The number of amides is 2. The summed E-state index contributed by atoms with van der Waals surface area (Å²) in [6.45, 7) is 1.64. The largest absolute Gasteiger partial charge is 0.508 e. The Kier molecular flexibility index (Phi) is 4.26. The lowest BCUT2D eigenvalue weighted by Gasteiger charge is -2.23. The van der Waals surface area contributed by atoms with Gasteiger partial charge in [0, 0.05) is 11.1 Å². The topological polar surface area (TPSA) is 108 Å². The highest BCUT2D eigenvalue weighted by atomic mass is 19.1. The van der Waals surface area contributed by atoms with Gasteiger partial charge in [0.25, 0.3) is 17.4 Å². The lowest BCUT2D eigenvalue weighted by atomic mass is 9.94. The lowest BCUT2D eigenvalue weighted by Crippen LogP contribution is -2.36. The van der Waals surface area contributed by atoms with Crippen LogP contribution in [0.25, 0.3) is 16.5 Å². The Labute approximate surface area is 179 Å². The van der Waals surface area contributed by atoms with Crippen molar-refractivity contribution in [3.63, 3.8) is 0 Å². The molecule has 1 aliphatic heterocycles. The Hall–Kier alpha value is -4.53. The molecule has 32 heavy (non-hydrogen) atoms. The van der Waals surface area contributed by atoms with Gasteiger partial charge in [-0.3, -0.25) is 19.5 Å². The van der Waals surface area contributed by atoms with Gasteiger partial charge in [-0.05, 0) is 54.8 Å². The van der Waals surface area contributed by atoms with Gasteiger partial charge < -0.3 is 5.11 Å². The molecule has 1 aromatic heterocycles. The molecule has 0 unspecified atom stereocenters. The van der Waals surface area contributed by atoms with Gasteiger partial charge in [-0.1, -0.05) is 12.1 Å². The average Bonchev–Trinajstić information content (AvgIpc) is 3.05. The summed E-state index contributed by atoms with van der Waals surface area (Å²) in [6, 6.07) is 13.0. The van der Waals surface area contributed by atoms with Crippen LogP contribution in [0.15, 0.2) is 64.5 Å². The van der Waals surface area contributed by atoms with Crippen molar-refractivity contribution in [2.24, 2.45) is 5.10 Å². The molecule has 3 aromatic carbocycles. The summed E-state index contributed by atoms with van der Waals surface area (Å²) in [7, 11) is 0. The van der Waals surface area contributed by atoms with E-state index in [0.717, 1.165) is 6.21 Å². The van der Waals surface area contributed by atoms with Crippen LogP contribution in [-0.4, -0.2) is 37.9 Å². The Balaban J connectivity index is 1.56. The molecule has 0 saturated heterocycles. The second-order valence-corrected chi connectivity index (χ2v) is 7.33. The van der Waals surface area contributed by atoms with Crippen LogP contribution in [0.2, 0.25) is 0 Å². The Bertz CT molecular complexity index is 1520. The SMILES string of the molecule is Cc1[nH]n(-c2ccc(F)cc2)c(=O)c1C=NN1C(=O)c2cccc3cc(O)cc(c23)C1=O. The zero-order valence-electron chi connectivity index (χ0n) is 16.7. The number of rotatable bonds is 3. The first kappa shape index (κ1) is 19.4. The molecule has 0 saturated carbocycles. The highest BCUT2D eigenvalue weighted by molar-refractivity contribution is 6.25. The highest BCUT2D eigenvalue weighted by Crippen LogP contribution is 2.33. The zero-order valence-corrected chi connectivity index (χ0v) is 16.7. The van der Waals surface area contributed by atoms with Crippen molar-refractivity contribution in [3.8, 4) is 11.4 Å². The maximum Gasteiger partial charge on any atom is 0.282 e. The third-order valence-corrected chi connectivity index (χ3v) is 5.31. The number of hydrogen-bond acceptors (Lipinski definition) is 5. The minimum absolute atomic E-state index is 0.111. The van der Waals surface area contributed by atoms with Gasteiger partial charge in [0.2, 0.25) is 0 Å². The van der Waals surface area contributed by atoms with E-state index < -0.39 is 23.2 Å². The number of aromatic hydroxyl groups is 1. The number of aromatic amines is 1. The van der Waals surface area contributed by atoms with Crippen LogP contribution in [-0.2, 0) is 0 Å². The third kappa shape index (κ3) is 2.90. The number of phenols is 1. The number of aryl methyl sites for hydroxylation is 1. The molecule has 0 fully saturated rings. The van der Waals surface area contributed by atoms with E-state index >= 15 is 0 Å². The molecule has 2 N–H and O–H groups in total. The molecule has 0 radical (unpaired) electrons. The molecule has 4 aromatic rings. The van der Waals surface area contributed by atoms with E-state index in [4.69, 9.17) is 0 Å². The van der Waals surface area contributed by atoms with E-state index in [1.807, 2.05) is 0 Å². The normalized spacial score (nSPS) is 13.5. The molecule has 0 aliphatic carbocycles. The number of H-pyrrole nitrogens is 1. The molecule has 5 rings (SSSR count). The maximum absolute atomic E-state index is 13.2. The number of hydrazone groups is 1. The summed E-state index contributed by atoms with van der Waals surface area (Å²) in [5.74, 6) is -1.89. The number of halogens is 1. The zero-order chi connectivity index (χ0) is 22.6. The van der Waals surface area contributed by atoms with Crippen LogP contribution in [0.5, 0.6) is 5.75 Å². The van der Waals surface area contributed by atoms with Crippen molar-refractivity contribution in [1.29, 1.82) is 0 Å². The monoisotopic (exact) mass is 430 g/mol. The number of carbonyl (C=O) groups is 2. The smallest absolute Gasteiger partial charge is 0.282 e. The summed E-state index contributed by atoms with van der Waals surface area (Å²) in [5.41, 5.74) is 0.927. The van der Waals surface area contributed by atoms with Crippen molar-refractivity contribution >= 4 is 28.8 Å². The van der Waals surface area contributed by atoms with Gasteiger partial charge in [0.05, 0.1) is 28.6 Å². The standard InChI is InChI=1S/C23H15FN4O4/c1-12-19(23(32)27(26-12)15-7-5-14(24)6-8-15)11-25-28-21(30)17-4-2-3-13-9-16(29)10-18(20(13)17)22(28)31/h2-11,26,29H,1H3. The molecule has 1 aliphatic rings. The number of nitrogens with zero attached hydrogens (tertiary/aromatic N) is 3. The fraction of sp³-hybridized carbons (Fsp3) is 0.0435. The Morgan fingerprint density at radius 1 is 1.00 bits per heavy atom. The number of carbonyl (C=O) groups excluding carboxylic acids is 2. The van der Waals surface area contributed by atoms with Gasteiger partial charge in [0.15, 0.2) is 0 Å². The fourth-order valence-corrected chi connectivity index (χ4v) is 3.78. The molecule has 0 atom stereocenters. The second kappa shape index (κ2) is 7.02. The van der Waals surface area contributed by atoms with Crippen molar-refractivity contribution in [2.45, 2.75) is 6.92 Å². The van der Waals surface area contributed by atoms with Gasteiger partial charge in [0.1, 0.15) is 11.6 Å². The van der Waals surface area contributed by atoms with Crippen molar-refractivity contribution in [1.82, 2.24) is 14.8 Å². The van der Waals surface area contributed by atoms with Crippen LogP contribution < -0.4 is 5.56 Å². The van der Waals surface area contributed by atoms with Crippen molar-refractivity contribution in [3.05, 3.63) is 93.2 Å². The Morgan fingerprint density at radius 3 is 2.47 bits per heavy atom. The third-order valence-electron chi connectivity index (χ3n) is 5.31.